The SMILES string of the molecule is CC(C)CN(C(=O)c1cc(C(F)(F)F)cc(C(F)(F)F)c1)C(C)c1nc2ccccc2c(=O)n1-c1ccc2ccccc2c1. The van der Waals surface area contributed by atoms with Crippen LogP contribution in [0.1, 0.15) is 54.1 Å². The van der Waals surface area contributed by atoms with Crippen LogP contribution >= 0.6 is 0 Å². The third-order valence-corrected chi connectivity index (χ3v) is 7.29. The lowest BCUT2D eigenvalue weighted by Crippen LogP contribution is -2.39. The normalized spacial score (nSPS) is 13.0. The van der Waals surface area contributed by atoms with Crippen molar-refractivity contribution in [2.75, 3.05) is 6.54 Å². The highest BCUT2D eigenvalue weighted by Crippen LogP contribution is 2.37. The van der Waals surface area contributed by atoms with Gasteiger partial charge in [0.25, 0.3) is 11.5 Å². The summed E-state index contributed by atoms with van der Waals surface area (Å²) in [6.45, 7) is 5.01. The van der Waals surface area contributed by atoms with Crippen LogP contribution in [0.3, 0.4) is 0 Å². The van der Waals surface area contributed by atoms with Gasteiger partial charge in [-0.05, 0) is 66.1 Å². The Morgan fingerprint density at radius 1 is 0.795 bits per heavy atom. The number of hydrogen-bond acceptors (Lipinski definition) is 3. The molecule has 1 atom stereocenters. The molecule has 44 heavy (non-hydrogen) atoms. The summed E-state index contributed by atoms with van der Waals surface area (Å²) in [6.07, 6.45) is -10.2. The number of amides is 1. The lowest BCUT2D eigenvalue weighted by atomic mass is 10.0. The number of para-hydroxylation sites is 1. The van der Waals surface area contributed by atoms with Gasteiger partial charge in [-0.1, -0.05) is 56.3 Å². The topological polar surface area (TPSA) is 55.2 Å². The molecule has 4 aromatic carbocycles. The van der Waals surface area contributed by atoms with E-state index in [4.69, 9.17) is 4.98 Å². The molecule has 1 aromatic heterocycles. The van der Waals surface area contributed by atoms with Crippen molar-refractivity contribution in [3.05, 3.63) is 118 Å². The summed E-state index contributed by atoms with van der Waals surface area (Å²) in [5.74, 6) is -1.20. The van der Waals surface area contributed by atoms with E-state index in [9.17, 15) is 35.9 Å². The summed E-state index contributed by atoms with van der Waals surface area (Å²) in [4.78, 5) is 33.7. The van der Waals surface area contributed by atoms with E-state index in [1.807, 2.05) is 30.3 Å². The second kappa shape index (κ2) is 11.4. The van der Waals surface area contributed by atoms with Crippen LogP contribution in [0.4, 0.5) is 26.3 Å². The van der Waals surface area contributed by atoms with Gasteiger partial charge < -0.3 is 4.90 Å². The summed E-state index contributed by atoms with van der Waals surface area (Å²) >= 11 is 0. The van der Waals surface area contributed by atoms with E-state index in [1.54, 1.807) is 57.2 Å². The maximum Gasteiger partial charge on any atom is 0.416 e. The quantitative estimate of drug-likeness (QED) is 0.181. The zero-order valence-electron chi connectivity index (χ0n) is 23.9. The Bertz CT molecular complexity index is 1900. The van der Waals surface area contributed by atoms with Crippen LogP contribution in [0.5, 0.6) is 0 Å². The number of nitrogens with zero attached hydrogens (tertiary/aromatic N) is 3. The first-order chi connectivity index (χ1) is 20.6. The fourth-order valence-corrected chi connectivity index (χ4v) is 5.19. The van der Waals surface area contributed by atoms with Crippen molar-refractivity contribution in [1.29, 1.82) is 0 Å². The van der Waals surface area contributed by atoms with E-state index in [2.05, 4.69) is 0 Å². The molecule has 5 nitrogen and oxygen atoms in total. The van der Waals surface area contributed by atoms with Crippen LogP contribution in [-0.4, -0.2) is 26.9 Å². The summed E-state index contributed by atoms with van der Waals surface area (Å²) in [5.41, 5.74) is -3.64. The van der Waals surface area contributed by atoms with Crippen molar-refractivity contribution >= 4 is 27.6 Å². The fourth-order valence-electron chi connectivity index (χ4n) is 5.19. The van der Waals surface area contributed by atoms with Crippen LogP contribution in [-0.2, 0) is 12.4 Å². The van der Waals surface area contributed by atoms with Gasteiger partial charge in [0.15, 0.2) is 0 Å². The highest BCUT2D eigenvalue weighted by molar-refractivity contribution is 5.95. The molecule has 1 unspecified atom stereocenters. The first-order valence-electron chi connectivity index (χ1n) is 13.8. The van der Waals surface area contributed by atoms with Crippen molar-refractivity contribution in [1.82, 2.24) is 14.5 Å². The minimum atomic E-state index is -5.12. The molecule has 0 radical (unpaired) electrons. The largest absolute Gasteiger partial charge is 0.416 e. The molecule has 5 aromatic rings. The van der Waals surface area contributed by atoms with Gasteiger partial charge in [-0.2, -0.15) is 26.3 Å². The molecule has 0 aliphatic carbocycles. The van der Waals surface area contributed by atoms with E-state index >= 15 is 0 Å². The zero-order chi connectivity index (χ0) is 32.0. The van der Waals surface area contributed by atoms with Gasteiger partial charge in [-0.25, -0.2) is 4.98 Å². The Kier molecular flexibility index (Phi) is 8.00. The number of halogens is 6. The van der Waals surface area contributed by atoms with E-state index in [0.717, 1.165) is 15.7 Å². The second-order valence-electron chi connectivity index (χ2n) is 11.0. The Balaban J connectivity index is 1.72. The molecule has 1 amide bonds. The van der Waals surface area contributed by atoms with Crippen molar-refractivity contribution in [2.45, 2.75) is 39.2 Å². The van der Waals surface area contributed by atoms with Gasteiger partial charge in [-0.3, -0.25) is 14.2 Å². The molecular formula is C33H27F6N3O2. The molecule has 228 valence electrons. The minimum absolute atomic E-state index is 0.0186. The number of rotatable bonds is 6. The molecule has 0 saturated heterocycles. The maximum atomic E-state index is 14.0. The first-order valence-corrected chi connectivity index (χ1v) is 13.8. The molecule has 0 bridgehead atoms. The number of alkyl halides is 6. The number of carbonyl (C=O) groups excluding carboxylic acids is 1. The summed E-state index contributed by atoms with van der Waals surface area (Å²) in [5, 5.41) is 2.03. The standard InChI is InChI=1S/C33H27F6N3O2/c1-19(2)18-41(30(43)23-14-24(32(34,35)36)17-25(15-23)33(37,38)39)20(3)29-40-28-11-7-6-10-27(28)31(44)42(29)26-13-12-21-8-4-5-9-22(21)16-26/h4-17,19-20H,18H2,1-3H3. The van der Waals surface area contributed by atoms with Crippen molar-refractivity contribution in [3.8, 4) is 5.69 Å². The van der Waals surface area contributed by atoms with Gasteiger partial charge in [0.05, 0.1) is 33.8 Å². The Labute approximate surface area is 248 Å². The highest BCUT2D eigenvalue weighted by Gasteiger charge is 2.38. The molecule has 5 rings (SSSR count). The zero-order valence-corrected chi connectivity index (χ0v) is 23.9. The predicted octanol–water partition coefficient (Wildman–Crippen LogP) is 8.44. The van der Waals surface area contributed by atoms with Crippen LogP contribution in [0.2, 0.25) is 0 Å². The monoisotopic (exact) mass is 611 g/mol. The maximum absolute atomic E-state index is 14.0. The van der Waals surface area contributed by atoms with Crippen molar-refractivity contribution < 1.29 is 31.1 Å². The van der Waals surface area contributed by atoms with Gasteiger partial charge in [0.2, 0.25) is 0 Å². The predicted molar refractivity (Wildman–Crippen MR) is 156 cm³/mol. The van der Waals surface area contributed by atoms with E-state index in [1.165, 1.54) is 4.57 Å². The Hall–Kier alpha value is -4.67. The number of fused-ring (bicyclic) bond motifs is 2. The molecule has 0 aliphatic rings. The van der Waals surface area contributed by atoms with Gasteiger partial charge >= 0.3 is 12.4 Å². The van der Waals surface area contributed by atoms with Crippen LogP contribution < -0.4 is 5.56 Å². The number of carbonyl (C=O) groups is 1. The van der Waals surface area contributed by atoms with Crippen LogP contribution in [0.25, 0.3) is 27.4 Å². The van der Waals surface area contributed by atoms with Gasteiger partial charge in [0, 0.05) is 12.1 Å². The second-order valence-corrected chi connectivity index (χ2v) is 11.0. The molecular weight excluding hydrogens is 584 g/mol. The molecule has 11 heteroatoms. The highest BCUT2D eigenvalue weighted by atomic mass is 19.4. The summed E-state index contributed by atoms with van der Waals surface area (Å²) < 4.78 is 83.2. The van der Waals surface area contributed by atoms with Crippen LogP contribution in [0, 0.1) is 5.92 Å². The molecule has 0 aliphatic heterocycles. The Morgan fingerprint density at radius 3 is 2.00 bits per heavy atom. The summed E-state index contributed by atoms with van der Waals surface area (Å²) in [6, 6.07) is 19.1. The van der Waals surface area contributed by atoms with Crippen molar-refractivity contribution in [3.63, 3.8) is 0 Å². The third kappa shape index (κ3) is 6.04. The molecule has 0 fully saturated rings. The molecule has 0 spiro atoms. The van der Waals surface area contributed by atoms with Gasteiger partial charge in [0.1, 0.15) is 5.82 Å². The smallest absolute Gasteiger partial charge is 0.328 e. The lowest BCUT2D eigenvalue weighted by molar-refractivity contribution is -0.143. The van der Waals surface area contributed by atoms with E-state index in [0.29, 0.717) is 28.7 Å². The lowest BCUT2D eigenvalue weighted by Gasteiger charge is -2.32. The third-order valence-electron chi connectivity index (χ3n) is 7.29. The molecule has 0 N–H and O–H groups in total. The van der Waals surface area contributed by atoms with Crippen LogP contribution in [0.15, 0.2) is 89.7 Å². The number of aromatic nitrogens is 2. The minimum Gasteiger partial charge on any atom is -0.328 e. The van der Waals surface area contributed by atoms with E-state index in [-0.39, 0.29) is 24.4 Å². The van der Waals surface area contributed by atoms with E-state index < -0.39 is 46.6 Å². The summed E-state index contributed by atoms with van der Waals surface area (Å²) in [7, 11) is 0. The average molecular weight is 612 g/mol. The fraction of sp³-hybridized carbons (Fsp3) is 0.242. The number of hydrogen-bond donors (Lipinski definition) is 0. The Morgan fingerprint density at radius 2 is 1.39 bits per heavy atom. The first kappa shape index (κ1) is 30.8. The molecule has 0 saturated carbocycles. The van der Waals surface area contributed by atoms with Gasteiger partial charge in [-0.15, -0.1) is 0 Å². The van der Waals surface area contributed by atoms with Crippen molar-refractivity contribution in [2.24, 2.45) is 5.92 Å². The number of benzene rings is 4. The molecule has 1 heterocycles. The average Bonchev–Trinajstić information content (AvgIpc) is 2.97.